The van der Waals surface area contributed by atoms with E-state index in [1.807, 2.05) is 0 Å². The Morgan fingerprint density at radius 3 is 0.871 bits per heavy atom. The summed E-state index contributed by atoms with van der Waals surface area (Å²) in [5.74, 6) is -0.0423. The van der Waals surface area contributed by atoms with Crippen LogP contribution < -0.4 is 5.32 Å². The maximum absolute atomic E-state index is 12.5. The van der Waals surface area contributed by atoms with E-state index in [9.17, 15) is 19.8 Å². The average Bonchev–Trinajstić information content (AvgIpc) is 3.36. The first-order chi connectivity index (χ1) is 34.5. The van der Waals surface area contributed by atoms with Crippen molar-refractivity contribution >= 4 is 11.9 Å². The zero-order chi connectivity index (χ0) is 50.7. The molecule has 0 aliphatic heterocycles. The number of nitrogens with one attached hydrogen (secondary N) is 1. The van der Waals surface area contributed by atoms with Gasteiger partial charge < -0.3 is 20.3 Å². The molecule has 0 aliphatic rings. The van der Waals surface area contributed by atoms with E-state index in [2.05, 4.69) is 19.2 Å². The molecule has 0 heterocycles. The summed E-state index contributed by atoms with van der Waals surface area (Å²) in [6, 6.07) is -0.551. The monoisotopic (exact) mass is 990 g/mol. The van der Waals surface area contributed by atoms with E-state index in [-0.39, 0.29) is 18.5 Å². The van der Waals surface area contributed by atoms with E-state index in [1.54, 1.807) is 0 Å². The number of esters is 1. The van der Waals surface area contributed by atoms with Gasteiger partial charge in [-0.25, -0.2) is 0 Å². The Bertz CT molecular complexity index is 1010. The number of amides is 1. The third kappa shape index (κ3) is 56.2. The van der Waals surface area contributed by atoms with Gasteiger partial charge in [-0.15, -0.1) is 0 Å². The molecule has 0 radical (unpaired) electrons. The lowest BCUT2D eigenvalue weighted by Crippen LogP contribution is -2.45. The van der Waals surface area contributed by atoms with Crippen LogP contribution in [0.3, 0.4) is 0 Å². The smallest absolute Gasteiger partial charge is 0.305 e. The van der Waals surface area contributed by atoms with E-state index in [0.29, 0.717) is 25.9 Å². The molecule has 0 fully saturated rings. The third-order valence-electron chi connectivity index (χ3n) is 15.4. The number of carbonyl (C=O) groups excluding carboxylic acids is 2. The Kier molecular flexibility index (Phi) is 59.4. The van der Waals surface area contributed by atoms with Gasteiger partial charge >= 0.3 is 5.97 Å². The second-order valence-corrected chi connectivity index (χ2v) is 22.5. The van der Waals surface area contributed by atoms with Gasteiger partial charge in [-0.3, -0.25) is 9.59 Å². The number of aliphatic hydroxyl groups is 2. The van der Waals surface area contributed by atoms with Crippen LogP contribution in [-0.2, 0) is 14.3 Å². The predicted molar refractivity (Wildman–Crippen MR) is 306 cm³/mol. The van der Waals surface area contributed by atoms with Gasteiger partial charge in [0.2, 0.25) is 5.91 Å². The van der Waals surface area contributed by atoms with E-state index in [4.69, 9.17) is 4.74 Å². The van der Waals surface area contributed by atoms with E-state index in [1.165, 1.54) is 289 Å². The minimum Gasteiger partial charge on any atom is -0.466 e. The van der Waals surface area contributed by atoms with Gasteiger partial charge in [0.15, 0.2) is 0 Å². The zero-order valence-electron chi connectivity index (χ0n) is 47.8. The van der Waals surface area contributed by atoms with Gasteiger partial charge in [-0.2, -0.15) is 0 Å². The number of hydrogen-bond acceptors (Lipinski definition) is 5. The summed E-state index contributed by atoms with van der Waals surface area (Å²) in [5, 5.41) is 23.4. The first-order valence-corrected chi connectivity index (χ1v) is 32.3. The number of rotatable bonds is 61. The van der Waals surface area contributed by atoms with Crippen molar-refractivity contribution in [1.29, 1.82) is 0 Å². The molecule has 6 heteroatoms. The maximum Gasteiger partial charge on any atom is 0.305 e. The highest BCUT2D eigenvalue weighted by atomic mass is 16.5. The number of unbranched alkanes of at least 4 members (excludes halogenated alkanes) is 50. The molecule has 0 saturated heterocycles. The van der Waals surface area contributed by atoms with Crippen molar-refractivity contribution in [3.63, 3.8) is 0 Å². The molecule has 0 aromatic rings. The van der Waals surface area contributed by atoms with Crippen LogP contribution in [0.5, 0.6) is 0 Å². The van der Waals surface area contributed by atoms with Crippen LogP contribution in [-0.4, -0.2) is 47.4 Å². The number of ether oxygens (including phenoxy) is 1. The molecule has 0 rings (SSSR count). The highest BCUT2D eigenvalue weighted by Crippen LogP contribution is 2.19. The van der Waals surface area contributed by atoms with Crippen LogP contribution in [0.2, 0.25) is 0 Å². The van der Waals surface area contributed by atoms with Gasteiger partial charge in [0, 0.05) is 12.8 Å². The summed E-state index contributed by atoms with van der Waals surface area (Å²) in [4.78, 5) is 24.6. The summed E-state index contributed by atoms with van der Waals surface area (Å²) in [7, 11) is 0. The summed E-state index contributed by atoms with van der Waals surface area (Å²) in [6.07, 6.45) is 71.1. The van der Waals surface area contributed by atoms with Gasteiger partial charge in [-0.1, -0.05) is 335 Å². The van der Waals surface area contributed by atoms with Crippen LogP contribution in [0.4, 0.5) is 0 Å². The Morgan fingerprint density at radius 1 is 0.343 bits per heavy atom. The molecule has 0 aliphatic carbocycles. The molecule has 0 aromatic carbocycles. The largest absolute Gasteiger partial charge is 0.466 e. The van der Waals surface area contributed by atoms with Crippen LogP contribution >= 0.6 is 0 Å². The predicted octanol–water partition coefficient (Wildman–Crippen LogP) is 20.3. The highest BCUT2D eigenvalue weighted by Gasteiger charge is 2.20. The third-order valence-corrected chi connectivity index (χ3v) is 15.4. The normalized spacial score (nSPS) is 12.5. The highest BCUT2D eigenvalue weighted by molar-refractivity contribution is 5.76. The SMILES string of the molecule is CCCCCCCCCCCCCCCCCCCCCCCCCCC(O)C(CO)NC(=O)CCCCCCCCCCCCCCCOC(=O)CCCCCCCCCCCCCCCCCC. The first kappa shape index (κ1) is 68.9. The lowest BCUT2D eigenvalue weighted by atomic mass is 10.0. The maximum atomic E-state index is 12.5. The molecule has 70 heavy (non-hydrogen) atoms. The van der Waals surface area contributed by atoms with E-state index < -0.39 is 12.1 Å². The minimum atomic E-state index is -0.673. The fourth-order valence-electron chi connectivity index (χ4n) is 10.5. The molecule has 0 spiro atoms. The summed E-state index contributed by atoms with van der Waals surface area (Å²) in [5.41, 5.74) is 0. The standard InChI is InChI=1S/C64H127NO5/c1-3-5-7-9-11-13-15-17-19-21-22-23-24-25-26-27-28-29-32-36-40-44-48-52-56-62(67)61(60-66)65-63(68)57-53-49-45-41-37-33-31-35-39-43-47-51-55-59-70-64(69)58-54-50-46-42-38-34-30-20-18-16-14-12-10-8-6-4-2/h61-62,66-67H,3-60H2,1-2H3,(H,65,68). The Morgan fingerprint density at radius 2 is 0.586 bits per heavy atom. The fourth-order valence-corrected chi connectivity index (χ4v) is 10.5. The summed E-state index contributed by atoms with van der Waals surface area (Å²) >= 11 is 0. The van der Waals surface area contributed by atoms with Crippen molar-refractivity contribution in [3.8, 4) is 0 Å². The van der Waals surface area contributed by atoms with Crippen molar-refractivity contribution in [1.82, 2.24) is 5.32 Å². The van der Waals surface area contributed by atoms with Crippen molar-refractivity contribution in [3.05, 3.63) is 0 Å². The van der Waals surface area contributed by atoms with Gasteiger partial charge in [0.25, 0.3) is 0 Å². The van der Waals surface area contributed by atoms with Crippen molar-refractivity contribution in [2.24, 2.45) is 0 Å². The molecule has 2 atom stereocenters. The molecule has 6 nitrogen and oxygen atoms in total. The quantitative estimate of drug-likeness (QED) is 0.0417. The van der Waals surface area contributed by atoms with Crippen molar-refractivity contribution in [2.45, 2.75) is 386 Å². The zero-order valence-corrected chi connectivity index (χ0v) is 47.8. The van der Waals surface area contributed by atoms with Crippen molar-refractivity contribution < 1.29 is 24.5 Å². The molecule has 0 bridgehead atoms. The molecule has 0 saturated carbocycles. The minimum absolute atomic E-state index is 0.000146. The van der Waals surface area contributed by atoms with Crippen LogP contribution in [0.15, 0.2) is 0 Å². The molecule has 418 valence electrons. The number of carbonyl (C=O) groups is 2. The Balaban J connectivity index is 3.41. The topological polar surface area (TPSA) is 95.9 Å². The molecule has 0 aromatic heterocycles. The van der Waals surface area contributed by atoms with Crippen LogP contribution in [0, 0.1) is 0 Å². The molecule has 3 N–H and O–H groups in total. The van der Waals surface area contributed by atoms with Crippen molar-refractivity contribution in [2.75, 3.05) is 13.2 Å². The van der Waals surface area contributed by atoms with E-state index in [0.717, 1.165) is 51.4 Å². The van der Waals surface area contributed by atoms with Gasteiger partial charge in [0.1, 0.15) is 0 Å². The van der Waals surface area contributed by atoms with Gasteiger partial charge in [0.05, 0.1) is 25.4 Å². The van der Waals surface area contributed by atoms with Gasteiger partial charge in [-0.05, 0) is 25.7 Å². The number of hydrogen-bond donors (Lipinski definition) is 3. The number of aliphatic hydroxyl groups excluding tert-OH is 2. The van der Waals surface area contributed by atoms with Crippen LogP contribution in [0.1, 0.15) is 373 Å². The molecular weight excluding hydrogens is 863 g/mol. The first-order valence-electron chi connectivity index (χ1n) is 32.3. The molecular formula is C64H127NO5. The average molecular weight is 991 g/mol. The second kappa shape index (κ2) is 60.4. The summed E-state index contributed by atoms with van der Waals surface area (Å²) in [6.45, 7) is 4.97. The summed E-state index contributed by atoms with van der Waals surface area (Å²) < 4.78 is 5.49. The fraction of sp³-hybridized carbons (Fsp3) is 0.969. The van der Waals surface area contributed by atoms with Crippen LogP contribution in [0.25, 0.3) is 0 Å². The molecule has 1 amide bonds. The lowest BCUT2D eigenvalue weighted by Gasteiger charge is -2.22. The Labute approximate surface area is 438 Å². The Hall–Kier alpha value is -1.14. The molecule has 2 unspecified atom stereocenters. The lowest BCUT2D eigenvalue weighted by molar-refractivity contribution is -0.143. The van der Waals surface area contributed by atoms with E-state index >= 15 is 0 Å². The second-order valence-electron chi connectivity index (χ2n) is 22.5.